The van der Waals surface area contributed by atoms with Crippen LogP contribution in [0.3, 0.4) is 0 Å². The summed E-state index contributed by atoms with van der Waals surface area (Å²) < 4.78 is 5.42. The molecular formula is C12H13N3O3. The van der Waals surface area contributed by atoms with Gasteiger partial charge in [-0.3, -0.25) is 4.79 Å². The number of nitrogens with one attached hydrogen (secondary N) is 1. The standard InChI is InChI=1S/C12H13N3O3/c13-15-10-5-4-8-2-1-3-9(12(8)14-10)18-7-6-11(16)17/h1-5H,6-7,13H2,(H,14,15)(H,16,17). The Labute approximate surface area is 103 Å². The maximum Gasteiger partial charge on any atom is 0.306 e. The molecule has 0 bridgehead atoms. The zero-order valence-corrected chi connectivity index (χ0v) is 9.59. The van der Waals surface area contributed by atoms with Crippen LogP contribution in [0, 0.1) is 0 Å². The zero-order chi connectivity index (χ0) is 13.0. The molecule has 94 valence electrons. The number of nitrogens with two attached hydrogens (primary N) is 1. The summed E-state index contributed by atoms with van der Waals surface area (Å²) in [7, 11) is 0. The lowest BCUT2D eigenvalue weighted by Crippen LogP contribution is -2.09. The molecule has 1 aromatic carbocycles. The summed E-state index contributed by atoms with van der Waals surface area (Å²) in [5.41, 5.74) is 3.11. The van der Waals surface area contributed by atoms with Gasteiger partial charge in [0.15, 0.2) is 0 Å². The highest BCUT2D eigenvalue weighted by Crippen LogP contribution is 2.25. The van der Waals surface area contributed by atoms with E-state index in [0.29, 0.717) is 17.1 Å². The van der Waals surface area contributed by atoms with Crippen molar-refractivity contribution in [3.8, 4) is 5.75 Å². The highest BCUT2D eigenvalue weighted by atomic mass is 16.5. The maximum atomic E-state index is 10.4. The summed E-state index contributed by atoms with van der Waals surface area (Å²) in [4.78, 5) is 14.7. The van der Waals surface area contributed by atoms with Gasteiger partial charge in [0.1, 0.15) is 17.1 Å². The summed E-state index contributed by atoms with van der Waals surface area (Å²) in [5.74, 6) is 5.48. The number of nitrogen functional groups attached to an aromatic ring is 1. The lowest BCUT2D eigenvalue weighted by molar-refractivity contribution is -0.137. The van der Waals surface area contributed by atoms with Crippen molar-refractivity contribution < 1.29 is 14.6 Å². The Morgan fingerprint density at radius 3 is 2.94 bits per heavy atom. The number of pyridine rings is 1. The van der Waals surface area contributed by atoms with E-state index < -0.39 is 5.97 Å². The molecule has 6 heteroatoms. The predicted octanol–water partition coefficient (Wildman–Crippen LogP) is 1.37. The third-order valence-electron chi connectivity index (χ3n) is 2.40. The fraction of sp³-hybridized carbons (Fsp3) is 0.167. The second kappa shape index (κ2) is 5.33. The van der Waals surface area contributed by atoms with Crippen molar-refractivity contribution in [2.24, 2.45) is 5.84 Å². The van der Waals surface area contributed by atoms with E-state index in [9.17, 15) is 4.79 Å². The molecule has 0 radical (unpaired) electrons. The molecule has 0 saturated heterocycles. The normalized spacial score (nSPS) is 10.3. The number of hydrogen-bond donors (Lipinski definition) is 3. The molecule has 0 saturated carbocycles. The van der Waals surface area contributed by atoms with E-state index in [4.69, 9.17) is 15.7 Å². The molecule has 4 N–H and O–H groups in total. The van der Waals surface area contributed by atoms with E-state index in [0.717, 1.165) is 5.39 Å². The third kappa shape index (κ3) is 2.67. The van der Waals surface area contributed by atoms with Gasteiger partial charge in [0.25, 0.3) is 0 Å². The van der Waals surface area contributed by atoms with Gasteiger partial charge in [0.05, 0.1) is 13.0 Å². The van der Waals surface area contributed by atoms with Crippen LogP contribution in [-0.4, -0.2) is 22.7 Å². The number of para-hydroxylation sites is 1. The van der Waals surface area contributed by atoms with Gasteiger partial charge in [-0.05, 0) is 18.2 Å². The summed E-state index contributed by atoms with van der Waals surface area (Å²) >= 11 is 0. The maximum absolute atomic E-state index is 10.4. The summed E-state index contributed by atoms with van der Waals surface area (Å²) in [6.45, 7) is 0.108. The molecule has 0 atom stereocenters. The number of benzene rings is 1. The Bertz CT molecular complexity index is 571. The van der Waals surface area contributed by atoms with Crippen molar-refractivity contribution in [3.05, 3.63) is 30.3 Å². The average molecular weight is 247 g/mol. The Balaban J connectivity index is 2.28. The molecule has 2 aromatic rings. The van der Waals surface area contributed by atoms with Crippen LogP contribution in [0.2, 0.25) is 0 Å². The fourth-order valence-corrected chi connectivity index (χ4v) is 1.57. The highest BCUT2D eigenvalue weighted by molar-refractivity contribution is 5.85. The SMILES string of the molecule is NNc1ccc2cccc(OCCC(=O)O)c2n1. The number of fused-ring (bicyclic) bond motifs is 1. The number of carboxylic acid groups (broad SMARTS) is 1. The monoisotopic (exact) mass is 247 g/mol. The van der Waals surface area contributed by atoms with Gasteiger partial charge in [0, 0.05) is 5.39 Å². The van der Waals surface area contributed by atoms with Gasteiger partial charge in [-0.1, -0.05) is 12.1 Å². The van der Waals surface area contributed by atoms with Gasteiger partial charge >= 0.3 is 5.97 Å². The smallest absolute Gasteiger partial charge is 0.306 e. The molecule has 0 aliphatic heterocycles. The first-order valence-electron chi connectivity index (χ1n) is 5.41. The van der Waals surface area contributed by atoms with Crippen LogP contribution in [0.1, 0.15) is 6.42 Å². The van der Waals surface area contributed by atoms with Crippen LogP contribution in [-0.2, 0) is 4.79 Å². The van der Waals surface area contributed by atoms with E-state index >= 15 is 0 Å². The van der Waals surface area contributed by atoms with Crippen LogP contribution in [0.4, 0.5) is 5.82 Å². The van der Waals surface area contributed by atoms with Gasteiger partial charge in [0.2, 0.25) is 0 Å². The second-order valence-corrected chi connectivity index (χ2v) is 3.66. The van der Waals surface area contributed by atoms with Gasteiger partial charge in [-0.25, -0.2) is 10.8 Å². The Hall–Kier alpha value is -2.34. The molecule has 0 unspecified atom stereocenters. The summed E-state index contributed by atoms with van der Waals surface area (Å²) in [6.07, 6.45) is -0.0504. The van der Waals surface area contributed by atoms with Crippen LogP contribution in [0.25, 0.3) is 10.9 Å². The molecular weight excluding hydrogens is 234 g/mol. The molecule has 1 heterocycles. The van der Waals surface area contributed by atoms with E-state index in [2.05, 4.69) is 10.4 Å². The van der Waals surface area contributed by atoms with Gasteiger partial charge < -0.3 is 15.3 Å². The van der Waals surface area contributed by atoms with Gasteiger partial charge in [-0.2, -0.15) is 0 Å². The summed E-state index contributed by atoms with van der Waals surface area (Å²) in [6, 6.07) is 9.09. The van der Waals surface area contributed by atoms with Crippen LogP contribution >= 0.6 is 0 Å². The number of hydrogen-bond acceptors (Lipinski definition) is 5. The zero-order valence-electron chi connectivity index (χ0n) is 9.59. The molecule has 2 rings (SSSR count). The number of ether oxygens (including phenoxy) is 1. The third-order valence-corrected chi connectivity index (χ3v) is 2.40. The second-order valence-electron chi connectivity index (χ2n) is 3.66. The first kappa shape index (κ1) is 12.1. The number of anilines is 1. The van der Waals surface area contributed by atoms with Crippen molar-refractivity contribution in [3.63, 3.8) is 0 Å². The number of carbonyl (C=O) groups is 1. The van der Waals surface area contributed by atoms with Crippen LogP contribution in [0.15, 0.2) is 30.3 Å². The van der Waals surface area contributed by atoms with Gasteiger partial charge in [-0.15, -0.1) is 0 Å². The van der Waals surface area contributed by atoms with E-state index in [-0.39, 0.29) is 13.0 Å². The quantitative estimate of drug-likeness (QED) is 0.545. The van der Waals surface area contributed by atoms with E-state index in [1.54, 1.807) is 12.1 Å². The van der Waals surface area contributed by atoms with Crippen molar-refractivity contribution in [2.45, 2.75) is 6.42 Å². The topological polar surface area (TPSA) is 97.5 Å². The van der Waals surface area contributed by atoms with Crippen molar-refractivity contribution in [1.82, 2.24) is 4.98 Å². The summed E-state index contributed by atoms with van der Waals surface area (Å²) in [5, 5.41) is 9.47. The minimum atomic E-state index is -0.896. The first-order valence-corrected chi connectivity index (χ1v) is 5.41. The van der Waals surface area contributed by atoms with E-state index in [1.165, 1.54) is 0 Å². The molecule has 0 aliphatic rings. The number of nitrogens with zero attached hydrogens (tertiary/aromatic N) is 1. The average Bonchev–Trinajstić information content (AvgIpc) is 2.38. The lowest BCUT2D eigenvalue weighted by atomic mass is 10.2. The number of aliphatic carboxylic acids is 1. The molecule has 0 fully saturated rings. The molecule has 6 nitrogen and oxygen atoms in total. The number of hydrazine groups is 1. The Morgan fingerprint density at radius 1 is 1.39 bits per heavy atom. The molecule has 18 heavy (non-hydrogen) atoms. The Morgan fingerprint density at radius 2 is 2.22 bits per heavy atom. The van der Waals surface area contributed by atoms with Crippen molar-refractivity contribution in [2.75, 3.05) is 12.0 Å². The van der Waals surface area contributed by atoms with E-state index in [1.807, 2.05) is 18.2 Å². The van der Waals surface area contributed by atoms with Crippen LogP contribution < -0.4 is 16.0 Å². The molecule has 1 aromatic heterocycles. The number of carboxylic acids is 1. The van der Waals surface area contributed by atoms with Crippen molar-refractivity contribution >= 4 is 22.7 Å². The Kier molecular flexibility index (Phi) is 3.59. The fourth-order valence-electron chi connectivity index (χ4n) is 1.57. The molecule has 0 amide bonds. The number of rotatable bonds is 5. The van der Waals surface area contributed by atoms with Crippen molar-refractivity contribution in [1.29, 1.82) is 0 Å². The minimum absolute atomic E-state index is 0.0504. The highest BCUT2D eigenvalue weighted by Gasteiger charge is 2.05. The predicted molar refractivity (Wildman–Crippen MR) is 67.3 cm³/mol. The van der Waals surface area contributed by atoms with Crippen LogP contribution in [0.5, 0.6) is 5.75 Å². The first-order chi connectivity index (χ1) is 8.70. The lowest BCUT2D eigenvalue weighted by Gasteiger charge is -2.08. The minimum Gasteiger partial charge on any atom is -0.491 e. The largest absolute Gasteiger partial charge is 0.491 e. The number of aromatic nitrogens is 1. The molecule has 0 spiro atoms. The molecule has 0 aliphatic carbocycles.